The highest BCUT2D eigenvalue weighted by Gasteiger charge is 2.57. The average Bonchev–Trinajstić information content (AvgIpc) is 3.46. The molecule has 0 saturated carbocycles. The fourth-order valence-electron chi connectivity index (χ4n) is 8.67. The molecule has 0 amide bonds. The molecule has 5 aromatic rings. The molecule has 4 aliphatic rings. The number of rotatable bonds is 8. The number of fused-ring (bicyclic) bond motifs is 7. The number of hydrogen-bond donors (Lipinski definition) is 19. The van der Waals surface area contributed by atoms with Gasteiger partial charge in [-0.25, -0.2) is 24.0 Å². The third kappa shape index (κ3) is 8.10. The number of cyclic esters (lactones) is 2. The van der Waals surface area contributed by atoms with Crippen LogP contribution in [0.5, 0.6) is 86.2 Å². The van der Waals surface area contributed by atoms with E-state index in [0.29, 0.717) is 18.2 Å². The van der Waals surface area contributed by atoms with Gasteiger partial charge in [0.2, 0.25) is 23.0 Å². The van der Waals surface area contributed by atoms with Gasteiger partial charge < -0.3 is 121 Å². The van der Waals surface area contributed by atoms with Crippen LogP contribution in [0.1, 0.15) is 63.3 Å². The molecule has 76 heavy (non-hydrogen) atoms. The summed E-state index contributed by atoms with van der Waals surface area (Å²) in [6.45, 7) is -3.07. The summed E-state index contributed by atoms with van der Waals surface area (Å²) in [6, 6.07) is 1.87. The van der Waals surface area contributed by atoms with Crippen molar-refractivity contribution in [1.29, 1.82) is 0 Å². The fraction of sp³-hybridized carbons (Fsp3) is 0.217. The summed E-state index contributed by atoms with van der Waals surface area (Å²) in [5.74, 6) is -37.1. The molecule has 0 radical (unpaired) electrons. The number of carbonyl (C=O) groups is 6. The van der Waals surface area contributed by atoms with Crippen LogP contribution in [0.3, 0.4) is 0 Å². The number of aliphatic hydroxyl groups excluding tert-OH is 4. The van der Waals surface area contributed by atoms with Crippen LogP contribution in [0, 0.1) is 0 Å². The number of hydrogen-bond acceptors (Lipinski definition) is 30. The van der Waals surface area contributed by atoms with Crippen molar-refractivity contribution in [2.24, 2.45) is 0 Å². The molecule has 0 spiro atoms. The Labute approximate surface area is 418 Å². The van der Waals surface area contributed by atoms with Crippen LogP contribution in [0.4, 0.5) is 0 Å². The molecule has 5 aromatic carbocycles. The highest BCUT2D eigenvalue weighted by molar-refractivity contribution is 6.12. The third-order valence-electron chi connectivity index (χ3n) is 12.4. The lowest BCUT2D eigenvalue weighted by Crippen LogP contribution is -2.58. The molecule has 30 nitrogen and oxygen atoms in total. The second-order valence-electron chi connectivity index (χ2n) is 16.8. The number of ketones is 1. The molecule has 0 saturated heterocycles. The van der Waals surface area contributed by atoms with Crippen molar-refractivity contribution >= 4 is 35.6 Å². The van der Waals surface area contributed by atoms with E-state index in [1.54, 1.807) is 0 Å². The first-order valence-corrected chi connectivity index (χ1v) is 21.2. The number of phenolic OH excluding ortho intramolecular Hbond substituents is 15. The van der Waals surface area contributed by atoms with Gasteiger partial charge in [0.05, 0.1) is 34.8 Å². The van der Waals surface area contributed by atoms with E-state index in [-0.39, 0.29) is 12.1 Å². The number of ether oxygens (including phenoxy) is 5. The molecule has 30 heteroatoms. The number of esters is 5. The monoisotopic (exact) mass is 1070 g/mol. The number of aromatic hydroxyl groups is 15. The van der Waals surface area contributed by atoms with E-state index in [4.69, 9.17) is 23.7 Å². The van der Waals surface area contributed by atoms with Crippen LogP contribution in [-0.4, -0.2) is 189 Å². The van der Waals surface area contributed by atoms with Crippen molar-refractivity contribution in [3.8, 4) is 108 Å². The minimum atomic E-state index is -3.11. The van der Waals surface area contributed by atoms with Gasteiger partial charge in [0.15, 0.2) is 93.4 Å². The topological polar surface area (TPSA) is 533 Å². The molecule has 6 bridgehead atoms. The Bertz CT molecular complexity index is 3360. The van der Waals surface area contributed by atoms with Gasteiger partial charge in [0, 0.05) is 27.8 Å². The molecule has 0 aromatic heterocycles. The smallest absolute Gasteiger partial charge is 0.342 e. The summed E-state index contributed by atoms with van der Waals surface area (Å²) in [4.78, 5) is 87.2. The summed E-state index contributed by atoms with van der Waals surface area (Å²) in [7, 11) is 0. The van der Waals surface area contributed by atoms with E-state index in [0.717, 1.165) is 0 Å². The maximum Gasteiger partial charge on any atom is 0.342 e. The summed E-state index contributed by atoms with van der Waals surface area (Å²) in [6.07, 6.45) is -20.2. The zero-order valence-corrected chi connectivity index (χ0v) is 37.4. The van der Waals surface area contributed by atoms with E-state index >= 15 is 0 Å². The highest BCUT2D eigenvalue weighted by atomic mass is 16.6. The van der Waals surface area contributed by atoms with Crippen LogP contribution >= 0.6 is 0 Å². The first kappa shape index (κ1) is 52.3. The minimum absolute atomic E-state index is 0.274. The van der Waals surface area contributed by atoms with Gasteiger partial charge in [-0.15, -0.1) is 0 Å². The van der Waals surface area contributed by atoms with Crippen molar-refractivity contribution in [2.45, 2.75) is 48.6 Å². The molecule has 0 unspecified atom stereocenters. The number of benzene rings is 5. The molecule has 4 heterocycles. The molecule has 4 aliphatic heterocycles. The Hall–Kier alpha value is -10.0. The van der Waals surface area contributed by atoms with Gasteiger partial charge in [-0.3, -0.25) is 4.79 Å². The first-order valence-electron chi connectivity index (χ1n) is 21.2. The lowest BCUT2D eigenvalue weighted by atomic mass is 9.74. The van der Waals surface area contributed by atoms with E-state index in [2.05, 4.69) is 0 Å². The Balaban J connectivity index is 1.49. The SMILES string of the molecule is O=C(O[C@H]1COC(=O)c2cc(c(O)c(O)c2O)-c2c(cc(O)c(O)c2O)C(=O)O[C@H]1[C@@H]1OC(=O)c2cc(O)c(O)c(O)c2-c2c(O)c(O)c(O)c3c2C(=O)O[C@@H]1[C@@H]3C(=O)[C@H](O)[C@@H](O)[C@@H](O)CO)c1cc(O)c(O)c(O)c1. The van der Waals surface area contributed by atoms with Gasteiger partial charge in [0.25, 0.3) is 0 Å². The lowest BCUT2D eigenvalue weighted by Gasteiger charge is -2.42. The zero-order valence-electron chi connectivity index (χ0n) is 37.4. The van der Waals surface area contributed by atoms with Crippen LogP contribution in [0.15, 0.2) is 30.3 Å². The van der Waals surface area contributed by atoms with E-state index in [1.165, 1.54) is 0 Å². The van der Waals surface area contributed by atoms with Crippen molar-refractivity contribution in [3.05, 3.63) is 63.7 Å². The maximum atomic E-state index is 14.9. The summed E-state index contributed by atoms with van der Waals surface area (Å²) >= 11 is 0. The molecule has 400 valence electrons. The summed E-state index contributed by atoms with van der Waals surface area (Å²) in [5, 5.41) is 205. The van der Waals surface area contributed by atoms with Crippen LogP contribution < -0.4 is 0 Å². The number of Topliss-reactive ketones (excluding diaryl/α,β-unsaturated/α-hetero) is 1. The lowest BCUT2D eigenvalue weighted by molar-refractivity contribution is -0.156. The molecule has 0 fully saturated rings. The van der Waals surface area contributed by atoms with Crippen molar-refractivity contribution in [3.63, 3.8) is 0 Å². The fourth-order valence-corrected chi connectivity index (χ4v) is 8.67. The van der Waals surface area contributed by atoms with Gasteiger partial charge in [-0.05, 0) is 30.3 Å². The number of aliphatic hydroxyl groups is 4. The Morgan fingerprint density at radius 3 is 1.55 bits per heavy atom. The number of phenols is 15. The van der Waals surface area contributed by atoms with Crippen LogP contribution in [0.25, 0.3) is 22.3 Å². The van der Waals surface area contributed by atoms with E-state index in [1.807, 2.05) is 0 Å². The van der Waals surface area contributed by atoms with Crippen molar-refractivity contribution < 1.29 is 149 Å². The minimum Gasteiger partial charge on any atom is -0.504 e. The largest absolute Gasteiger partial charge is 0.504 e. The van der Waals surface area contributed by atoms with E-state index in [9.17, 15) is 126 Å². The van der Waals surface area contributed by atoms with E-state index < -0.39 is 239 Å². The predicted octanol–water partition coefficient (Wildman–Crippen LogP) is -0.968. The average molecular weight is 1070 g/mol. The predicted molar refractivity (Wildman–Crippen MR) is 235 cm³/mol. The molecular weight excluding hydrogens is 1030 g/mol. The summed E-state index contributed by atoms with van der Waals surface area (Å²) in [5.41, 5.74) is -12.4. The van der Waals surface area contributed by atoms with Crippen molar-refractivity contribution in [2.75, 3.05) is 13.2 Å². The quantitative estimate of drug-likeness (QED) is 0.0505. The first-order chi connectivity index (χ1) is 35.6. The second kappa shape index (κ2) is 18.8. The summed E-state index contributed by atoms with van der Waals surface area (Å²) < 4.78 is 27.9. The Morgan fingerprint density at radius 2 is 0.974 bits per heavy atom. The standard InChI is InChI=1S/C46H36O30/c47-6-17(52)30(58)37(65)35(63)24-22-23-21(33(61)38(66)34(22)62)20-11(5-16(51)29(57)32(20)60)45(70)76-41(40(24)75-46(23)71)39-18(73-42(67)8-1-13(48)27(55)14(49)2-8)7-72-43(68)12-3-9(25(53)36(64)26(12)54)19-10(44(69)74-39)4-15(50)28(56)31(19)59/h1-5,17-18,24,30,37,39-41,47-62,64-66H,6-7H2/t17-,18-,24-,30-,37+,39+,40+,41-/m0/s1. The van der Waals surface area contributed by atoms with Gasteiger partial charge >= 0.3 is 29.8 Å². The molecule has 0 aliphatic carbocycles. The van der Waals surface area contributed by atoms with Crippen molar-refractivity contribution in [1.82, 2.24) is 0 Å². The normalized spacial score (nSPS) is 20.2. The zero-order chi connectivity index (χ0) is 56.0. The maximum absolute atomic E-state index is 14.9. The molecule has 19 N–H and O–H groups in total. The highest BCUT2D eigenvalue weighted by Crippen LogP contribution is 2.59. The molecule has 9 rings (SSSR count). The Kier molecular flexibility index (Phi) is 12.9. The van der Waals surface area contributed by atoms with Crippen LogP contribution in [-0.2, 0) is 28.5 Å². The number of carbonyl (C=O) groups excluding carboxylic acids is 6. The Morgan fingerprint density at radius 1 is 0.487 bits per heavy atom. The van der Waals surface area contributed by atoms with Gasteiger partial charge in [-0.2, -0.15) is 0 Å². The second-order valence-corrected chi connectivity index (χ2v) is 16.8. The van der Waals surface area contributed by atoms with Crippen LogP contribution in [0.2, 0.25) is 0 Å². The van der Waals surface area contributed by atoms with Gasteiger partial charge in [-0.1, -0.05) is 0 Å². The van der Waals surface area contributed by atoms with Gasteiger partial charge in [0.1, 0.15) is 30.5 Å². The molecule has 8 atom stereocenters. The molecular formula is C46H36O30. The third-order valence-corrected chi connectivity index (χ3v) is 12.4.